The molecule has 13 heavy (non-hydrogen) atoms. The molecule has 0 aromatic heterocycles. The van der Waals surface area contributed by atoms with Crippen molar-refractivity contribution in [3.05, 3.63) is 45.9 Å². The minimum atomic E-state index is -0.0573. The minimum absolute atomic E-state index is 0.0573. The van der Waals surface area contributed by atoms with Gasteiger partial charge in [-0.2, -0.15) is 0 Å². The molecule has 0 amide bonds. The number of rotatable bonds is 3. The molecule has 1 rings (SSSR count). The molecule has 3 heteroatoms. The van der Waals surface area contributed by atoms with E-state index in [1.54, 1.807) is 6.08 Å². The zero-order valence-corrected chi connectivity index (χ0v) is 9.48. The van der Waals surface area contributed by atoms with E-state index < -0.39 is 0 Å². The van der Waals surface area contributed by atoms with Crippen molar-refractivity contribution >= 4 is 27.5 Å². The van der Waals surface area contributed by atoms with Crippen molar-refractivity contribution in [1.29, 1.82) is 0 Å². The molecule has 1 aromatic carbocycles. The molecule has 0 fully saturated rings. The maximum Gasteiger partial charge on any atom is 0.0465 e. The molecular weight excluding hydrogens is 249 g/mol. The van der Waals surface area contributed by atoms with Gasteiger partial charge in [0, 0.05) is 15.5 Å². The minimum Gasteiger partial charge on any atom is -0.324 e. The highest BCUT2D eigenvalue weighted by molar-refractivity contribution is 9.10. The molecule has 0 saturated carbocycles. The van der Waals surface area contributed by atoms with Crippen LogP contribution in [0.4, 0.5) is 0 Å². The molecule has 0 aliphatic rings. The summed E-state index contributed by atoms with van der Waals surface area (Å²) >= 11 is 9.35. The number of nitrogens with two attached hydrogens (primary N) is 1. The fraction of sp³-hybridized carbons (Fsp3) is 0.200. The van der Waals surface area contributed by atoms with Gasteiger partial charge in [0.25, 0.3) is 0 Å². The second-order valence-electron chi connectivity index (χ2n) is 2.80. The van der Waals surface area contributed by atoms with E-state index >= 15 is 0 Å². The third-order valence-electron chi connectivity index (χ3n) is 1.78. The Balaban J connectivity index is 2.94. The van der Waals surface area contributed by atoms with E-state index in [-0.39, 0.29) is 6.04 Å². The van der Waals surface area contributed by atoms with E-state index in [0.29, 0.717) is 5.02 Å². The van der Waals surface area contributed by atoms with Gasteiger partial charge in [0.2, 0.25) is 0 Å². The quantitative estimate of drug-likeness (QED) is 0.825. The summed E-state index contributed by atoms with van der Waals surface area (Å²) < 4.78 is 0.965. The molecule has 0 aliphatic heterocycles. The largest absolute Gasteiger partial charge is 0.324 e. The molecule has 0 heterocycles. The van der Waals surface area contributed by atoms with E-state index in [0.717, 1.165) is 16.5 Å². The van der Waals surface area contributed by atoms with E-state index in [9.17, 15) is 0 Å². The first kappa shape index (κ1) is 10.8. The Kier molecular flexibility index (Phi) is 3.97. The molecule has 0 bridgehead atoms. The van der Waals surface area contributed by atoms with Gasteiger partial charge < -0.3 is 5.73 Å². The van der Waals surface area contributed by atoms with Crippen molar-refractivity contribution in [2.75, 3.05) is 0 Å². The summed E-state index contributed by atoms with van der Waals surface area (Å²) in [5.74, 6) is 0. The van der Waals surface area contributed by atoms with E-state index in [2.05, 4.69) is 22.5 Å². The first-order valence-electron chi connectivity index (χ1n) is 3.96. The lowest BCUT2D eigenvalue weighted by molar-refractivity contribution is 0.742. The van der Waals surface area contributed by atoms with Crippen molar-refractivity contribution in [3.63, 3.8) is 0 Å². The Hall–Kier alpha value is -0.310. The highest BCUT2D eigenvalue weighted by Gasteiger charge is 2.08. The van der Waals surface area contributed by atoms with Gasteiger partial charge >= 0.3 is 0 Å². The molecule has 70 valence electrons. The van der Waals surface area contributed by atoms with Crippen molar-refractivity contribution in [2.24, 2.45) is 5.73 Å². The highest BCUT2D eigenvalue weighted by atomic mass is 79.9. The molecule has 0 radical (unpaired) electrons. The standard InChI is InChI=1S/C10H11BrClN/c1-2-3-10(13)8-5-4-7(11)6-9(8)12/h2,4-6,10H,1,3,13H2/t10-/m0/s1. The van der Waals surface area contributed by atoms with Crippen LogP contribution in [-0.4, -0.2) is 0 Å². The second kappa shape index (κ2) is 4.80. The number of hydrogen-bond acceptors (Lipinski definition) is 1. The summed E-state index contributed by atoms with van der Waals surface area (Å²) in [6.45, 7) is 3.64. The van der Waals surface area contributed by atoms with Gasteiger partial charge in [-0.25, -0.2) is 0 Å². The summed E-state index contributed by atoms with van der Waals surface area (Å²) in [6.07, 6.45) is 2.53. The first-order valence-corrected chi connectivity index (χ1v) is 5.13. The van der Waals surface area contributed by atoms with Crippen molar-refractivity contribution in [2.45, 2.75) is 12.5 Å². The lowest BCUT2D eigenvalue weighted by Crippen LogP contribution is -2.09. The second-order valence-corrected chi connectivity index (χ2v) is 4.12. The van der Waals surface area contributed by atoms with Gasteiger partial charge in [-0.1, -0.05) is 39.7 Å². The Morgan fingerprint density at radius 2 is 2.31 bits per heavy atom. The lowest BCUT2D eigenvalue weighted by Gasteiger charge is -2.11. The Bertz CT molecular complexity index is 312. The Morgan fingerprint density at radius 1 is 1.62 bits per heavy atom. The third-order valence-corrected chi connectivity index (χ3v) is 2.60. The maximum atomic E-state index is 6.02. The van der Waals surface area contributed by atoms with E-state index in [4.69, 9.17) is 17.3 Å². The number of hydrogen-bond donors (Lipinski definition) is 1. The highest BCUT2D eigenvalue weighted by Crippen LogP contribution is 2.26. The molecule has 2 N–H and O–H groups in total. The van der Waals surface area contributed by atoms with Gasteiger partial charge in [0.15, 0.2) is 0 Å². The summed E-state index contributed by atoms with van der Waals surface area (Å²) in [5, 5.41) is 0.698. The third kappa shape index (κ3) is 2.83. The average molecular weight is 261 g/mol. The van der Waals surface area contributed by atoms with Crippen LogP contribution in [0, 0.1) is 0 Å². The fourth-order valence-corrected chi connectivity index (χ4v) is 1.92. The Labute approximate surface area is 91.7 Å². The predicted octanol–water partition coefficient (Wildman–Crippen LogP) is 3.68. The normalized spacial score (nSPS) is 12.5. The first-order chi connectivity index (χ1) is 6.15. The van der Waals surface area contributed by atoms with Gasteiger partial charge in [-0.15, -0.1) is 6.58 Å². The number of benzene rings is 1. The molecule has 0 saturated heterocycles. The fourth-order valence-electron chi connectivity index (χ4n) is 1.11. The monoisotopic (exact) mass is 259 g/mol. The van der Waals surface area contributed by atoms with Crippen LogP contribution in [0.2, 0.25) is 5.02 Å². The molecule has 1 aromatic rings. The van der Waals surface area contributed by atoms with Crippen LogP contribution in [0.25, 0.3) is 0 Å². The van der Waals surface area contributed by atoms with Crippen LogP contribution in [0.3, 0.4) is 0 Å². The Morgan fingerprint density at radius 3 is 2.85 bits per heavy atom. The zero-order valence-electron chi connectivity index (χ0n) is 7.13. The van der Waals surface area contributed by atoms with Crippen LogP contribution in [0.5, 0.6) is 0 Å². The van der Waals surface area contributed by atoms with Crippen LogP contribution in [-0.2, 0) is 0 Å². The average Bonchev–Trinajstić information content (AvgIpc) is 2.04. The van der Waals surface area contributed by atoms with E-state index in [1.807, 2.05) is 18.2 Å². The van der Waals surface area contributed by atoms with Crippen LogP contribution >= 0.6 is 27.5 Å². The summed E-state index contributed by atoms with van der Waals surface area (Å²) in [5.41, 5.74) is 6.85. The molecule has 0 aliphatic carbocycles. The molecule has 1 atom stereocenters. The number of halogens is 2. The van der Waals surface area contributed by atoms with Crippen molar-refractivity contribution in [1.82, 2.24) is 0 Å². The summed E-state index contributed by atoms with van der Waals surface area (Å²) in [7, 11) is 0. The van der Waals surface area contributed by atoms with Gasteiger partial charge in [-0.05, 0) is 24.1 Å². The van der Waals surface area contributed by atoms with Crippen LogP contribution in [0.1, 0.15) is 18.0 Å². The lowest BCUT2D eigenvalue weighted by atomic mass is 10.1. The van der Waals surface area contributed by atoms with Crippen LogP contribution < -0.4 is 5.73 Å². The SMILES string of the molecule is C=CC[C@H](N)c1ccc(Br)cc1Cl. The smallest absolute Gasteiger partial charge is 0.0465 e. The molecule has 0 spiro atoms. The maximum absolute atomic E-state index is 6.02. The van der Waals surface area contributed by atoms with Gasteiger partial charge in [0.1, 0.15) is 0 Å². The van der Waals surface area contributed by atoms with Crippen LogP contribution in [0.15, 0.2) is 35.3 Å². The molecule has 1 nitrogen and oxygen atoms in total. The van der Waals surface area contributed by atoms with Crippen molar-refractivity contribution in [3.8, 4) is 0 Å². The van der Waals surface area contributed by atoms with E-state index in [1.165, 1.54) is 0 Å². The summed E-state index contributed by atoms with van der Waals surface area (Å²) in [6, 6.07) is 5.66. The molecular formula is C10H11BrClN. The topological polar surface area (TPSA) is 26.0 Å². The summed E-state index contributed by atoms with van der Waals surface area (Å²) in [4.78, 5) is 0. The zero-order chi connectivity index (χ0) is 9.84. The van der Waals surface area contributed by atoms with Gasteiger partial charge in [0.05, 0.1) is 0 Å². The molecule has 0 unspecified atom stereocenters. The van der Waals surface area contributed by atoms with Gasteiger partial charge in [-0.3, -0.25) is 0 Å². The van der Waals surface area contributed by atoms with Crippen molar-refractivity contribution < 1.29 is 0 Å². The predicted molar refractivity (Wildman–Crippen MR) is 60.9 cm³/mol.